The van der Waals surface area contributed by atoms with Crippen molar-refractivity contribution >= 4 is 34.9 Å². The van der Waals surface area contributed by atoms with Gasteiger partial charge in [0.1, 0.15) is 30.5 Å². The summed E-state index contributed by atoms with van der Waals surface area (Å²) in [4.78, 5) is 42.9. The molecule has 3 aromatic rings. The fourth-order valence-corrected chi connectivity index (χ4v) is 7.24. The maximum absolute atomic E-state index is 14.6. The van der Waals surface area contributed by atoms with Gasteiger partial charge in [0, 0.05) is 50.1 Å². The summed E-state index contributed by atoms with van der Waals surface area (Å²) in [6.45, 7) is 6.07. The second kappa shape index (κ2) is 16.3. The minimum absolute atomic E-state index is 0.0314. The van der Waals surface area contributed by atoms with Crippen molar-refractivity contribution in [3.63, 3.8) is 0 Å². The lowest BCUT2D eigenvalue weighted by molar-refractivity contribution is -0.134. The molecule has 3 amide bonds. The maximum atomic E-state index is 14.6. The number of nitrogens with two attached hydrogens (primary N) is 1. The third-order valence-electron chi connectivity index (χ3n) is 9.97. The fourth-order valence-electron chi connectivity index (χ4n) is 6.96. The van der Waals surface area contributed by atoms with Crippen LogP contribution >= 0.6 is 11.6 Å². The van der Waals surface area contributed by atoms with Crippen LogP contribution in [0.5, 0.6) is 11.5 Å². The van der Waals surface area contributed by atoms with Gasteiger partial charge in [-0.25, -0.2) is 4.39 Å². The van der Waals surface area contributed by atoms with Crippen molar-refractivity contribution < 1.29 is 28.2 Å². The molecule has 1 saturated heterocycles. The summed E-state index contributed by atoms with van der Waals surface area (Å²) in [5, 5.41) is 4.21. The van der Waals surface area contributed by atoms with Gasteiger partial charge in [0.2, 0.25) is 11.8 Å². The molecule has 3 N–H and O–H groups in total. The van der Waals surface area contributed by atoms with Crippen molar-refractivity contribution in [2.24, 2.45) is 5.73 Å². The SMILES string of the molecule is Cc1cc(Cl)c(OCCOc2ccc(C3=C(C(=O)N(CCc4ccc(F)cc4)C4CC4)[C@H]4CN(C(=O)CCCC(N)=O)C[C@@H](C3)N4)cc2)cc1C. The Bertz CT molecular complexity index is 1780. The highest BCUT2D eigenvalue weighted by Crippen LogP contribution is 2.37. The minimum atomic E-state index is -0.423. The Kier molecular flexibility index (Phi) is 11.6. The van der Waals surface area contributed by atoms with E-state index in [2.05, 4.69) is 5.32 Å². The molecule has 1 saturated carbocycles. The van der Waals surface area contributed by atoms with Crippen molar-refractivity contribution in [1.29, 1.82) is 0 Å². The molecule has 51 heavy (non-hydrogen) atoms. The summed E-state index contributed by atoms with van der Waals surface area (Å²) in [6, 6.07) is 17.8. The van der Waals surface area contributed by atoms with E-state index in [9.17, 15) is 18.8 Å². The maximum Gasteiger partial charge on any atom is 0.252 e. The number of carbonyl (C=O) groups excluding carboxylic acids is 3. The molecule has 2 atom stereocenters. The lowest BCUT2D eigenvalue weighted by Crippen LogP contribution is -2.62. The Labute approximate surface area is 303 Å². The number of fused-ring (bicyclic) bond motifs is 2. The Morgan fingerprint density at radius 3 is 2.37 bits per heavy atom. The van der Waals surface area contributed by atoms with Crippen LogP contribution < -0.4 is 20.5 Å². The van der Waals surface area contributed by atoms with Crippen LogP contribution in [-0.4, -0.2) is 78.5 Å². The van der Waals surface area contributed by atoms with Gasteiger partial charge in [-0.15, -0.1) is 0 Å². The van der Waals surface area contributed by atoms with Gasteiger partial charge < -0.3 is 30.3 Å². The van der Waals surface area contributed by atoms with Gasteiger partial charge in [-0.3, -0.25) is 14.4 Å². The number of primary amides is 1. The fraction of sp³-hybridized carbons (Fsp3) is 0.425. The molecule has 3 aromatic carbocycles. The van der Waals surface area contributed by atoms with E-state index in [1.807, 2.05) is 60.0 Å². The van der Waals surface area contributed by atoms with E-state index in [1.165, 1.54) is 12.1 Å². The van der Waals surface area contributed by atoms with Gasteiger partial charge in [0.15, 0.2) is 0 Å². The zero-order valence-corrected chi connectivity index (χ0v) is 30.0. The standard InChI is InChI=1S/C40H46ClFN4O5/c1-25-20-34(41)36(21-26(25)2)51-19-18-50-32-14-8-28(9-15-32)33-22-30-23-45(38(48)5-3-4-37(43)47)24-35(44-30)39(33)40(49)46(31-12-13-31)17-16-27-6-10-29(42)11-7-27/h6-11,14-15,20-21,30-31,35,44H,3-5,12-13,16-19,22-24H2,1-2H3,(H2,43,47)/t30-,35-/m1/s1. The molecule has 2 fully saturated rings. The van der Waals surface area contributed by atoms with Gasteiger partial charge in [-0.2, -0.15) is 0 Å². The lowest BCUT2D eigenvalue weighted by Gasteiger charge is -2.45. The van der Waals surface area contributed by atoms with Crippen LogP contribution in [0.2, 0.25) is 5.02 Å². The number of nitrogens with one attached hydrogen (secondary N) is 1. The minimum Gasteiger partial charge on any atom is -0.490 e. The lowest BCUT2D eigenvalue weighted by atomic mass is 9.82. The number of hydrogen-bond acceptors (Lipinski definition) is 6. The number of carbonyl (C=O) groups is 3. The van der Waals surface area contributed by atoms with E-state index in [0.29, 0.717) is 74.2 Å². The van der Waals surface area contributed by atoms with Crippen LogP contribution in [0.15, 0.2) is 66.2 Å². The molecule has 3 aliphatic rings. The van der Waals surface area contributed by atoms with E-state index in [4.69, 9.17) is 26.8 Å². The summed E-state index contributed by atoms with van der Waals surface area (Å²) in [5.74, 6) is 0.531. The molecule has 0 unspecified atom stereocenters. The molecule has 2 heterocycles. The summed E-state index contributed by atoms with van der Waals surface area (Å²) in [7, 11) is 0. The summed E-state index contributed by atoms with van der Waals surface area (Å²) in [6.07, 6.45) is 3.86. The number of hydrogen-bond donors (Lipinski definition) is 2. The quantitative estimate of drug-likeness (QED) is 0.193. The normalized spacial score (nSPS) is 18.4. The Morgan fingerprint density at radius 2 is 1.67 bits per heavy atom. The average molecular weight is 717 g/mol. The summed E-state index contributed by atoms with van der Waals surface area (Å²) >= 11 is 6.35. The van der Waals surface area contributed by atoms with E-state index >= 15 is 0 Å². The van der Waals surface area contributed by atoms with Crippen molar-refractivity contribution in [3.05, 3.63) is 99.3 Å². The van der Waals surface area contributed by atoms with E-state index in [0.717, 1.165) is 40.7 Å². The molecular weight excluding hydrogens is 671 g/mol. The second-order valence-electron chi connectivity index (χ2n) is 13.8. The number of nitrogens with zero attached hydrogens (tertiary/aromatic N) is 2. The third-order valence-corrected chi connectivity index (χ3v) is 10.3. The Hall–Kier alpha value is -4.41. The second-order valence-corrected chi connectivity index (χ2v) is 14.2. The van der Waals surface area contributed by atoms with Crippen LogP contribution in [0, 0.1) is 19.7 Å². The number of amides is 3. The van der Waals surface area contributed by atoms with Gasteiger partial charge >= 0.3 is 0 Å². The van der Waals surface area contributed by atoms with Gasteiger partial charge in [0.05, 0.1) is 11.1 Å². The molecule has 11 heteroatoms. The summed E-state index contributed by atoms with van der Waals surface area (Å²) < 4.78 is 25.4. The molecule has 1 aliphatic carbocycles. The number of ether oxygens (including phenoxy) is 2. The van der Waals surface area contributed by atoms with Crippen molar-refractivity contribution in [3.8, 4) is 11.5 Å². The topological polar surface area (TPSA) is 114 Å². The van der Waals surface area contributed by atoms with Crippen molar-refractivity contribution in [2.45, 2.75) is 76.9 Å². The monoisotopic (exact) mass is 716 g/mol. The van der Waals surface area contributed by atoms with Crippen molar-refractivity contribution in [1.82, 2.24) is 15.1 Å². The zero-order chi connectivity index (χ0) is 36.1. The molecule has 2 bridgehead atoms. The predicted octanol–water partition coefficient (Wildman–Crippen LogP) is 5.77. The van der Waals surface area contributed by atoms with E-state index in [1.54, 1.807) is 12.1 Å². The summed E-state index contributed by atoms with van der Waals surface area (Å²) in [5.41, 5.74) is 11.1. The largest absolute Gasteiger partial charge is 0.490 e. The molecule has 0 aromatic heterocycles. The van der Waals surface area contributed by atoms with Gasteiger partial charge in [-0.05, 0) is 110 Å². The predicted molar refractivity (Wildman–Crippen MR) is 195 cm³/mol. The first-order valence-electron chi connectivity index (χ1n) is 17.8. The number of aryl methyl sites for hydroxylation is 2. The van der Waals surface area contributed by atoms with Crippen LogP contribution in [-0.2, 0) is 20.8 Å². The van der Waals surface area contributed by atoms with E-state index in [-0.39, 0.29) is 48.6 Å². The number of halogens is 2. The van der Waals surface area contributed by atoms with Gasteiger partial charge in [0.25, 0.3) is 5.91 Å². The van der Waals surface area contributed by atoms with Crippen LogP contribution in [0.25, 0.3) is 5.57 Å². The van der Waals surface area contributed by atoms with Crippen LogP contribution in [0.4, 0.5) is 4.39 Å². The molecule has 6 rings (SSSR count). The highest BCUT2D eigenvalue weighted by atomic mass is 35.5. The zero-order valence-electron chi connectivity index (χ0n) is 29.3. The molecule has 270 valence electrons. The van der Waals surface area contributed by atoms with Crippen LogP contribution in [0.1, 0.15) is 60.8 Å². The molecule has 9 nitrogen and oxygen atoms in total. The first kappa shape index (κ1) is 36.4. The first-order chi connectivity index (χ1) is 24.5. The van der Waals surface area contributed by atoms with Crippen molar-refractivity contribution in [2.75, 3.05) is 32.8 Å². The molecule has 0 radical (unpaired) electrons. The smallest absolute Gasteiger partial charge is 0.252 e. The highest BCUT2D eigenvalue weighted by molar-refractivity contribution is 6.32. The molecule has 0 spiro atoms. The third kappa shape index (κ3) is 9.28. The average Bonchev–Trinajstić information content (AvgIpc) is 3.95. The Morgan fingerprint density at radius 1 is 0.961 bits per heavy atom. The highest BCUT2D eigenvalue weighted by Gasteiger charge is 2.43. The molecular formula is C40H46ClFN4O5. The van der Waals surface area contributed by atoms with Crippen LogP contribution in [0.3, 0.4) is 0 Å². The van der Waals surface area contributed by atoms with E-state index < -0.39 is 5.91 Å². The first-order valence-corrected chi connectivity index (χ1v) is 18.2. The Balaban J connectivity index is 1.20. The van der Waals surface area contributed by atoms with Gasteiger partial charge in [-0.1, -0.05) is 35.9 Å². The number of piperazine rings is 1. The number of benzene rings is 3. The number of rotatable bonds is 15. The molecule has 2 aliphatic heterocycles.